The maximum absolute atomic E-state index is 13.6. The van der Waals surface area contributed by atoms with E-state index in [4.69, 9.17) is 11.6 Å². The van der Waals surface area contributed by atoms with Gasteiger partial charge in [-0.05, 0) is 12.1 Å². The van der Waals surface area contributed by atoms with Crippen LogP contribution in [0.15, 0.2) is 18.2 Å². The van der Waals surface area contributed by atoms with Crippen molar-refractivity contribution in [3.05, 3.63) is 35.1 Å². The highest BCUT2D eigenvalue weighted by atomic mass is 35.5. The molecule has 1 aromatic rings. The number of nitrogens with zero attached hydrogens (tertiary/aromatic N) is 1. The molecular weight excluding hydrogens is 286 g/mol. The predicted octanol–water partition coefficient (Wildman–Crippen LogP) is 3.18. The zero-order valence-corrected chi connectivity index (χ0v) is 10.4. The van der Waals surface area contributed by atoms with Gasteiger partial charge in [0.2, 0.25) is 5.91 Å². The van der Waals surface area contributed by atoms with E-state index in [9.17, 15) is 22.4 Å². The van der Waals surface area contributed by atoms with Crippen molar-refractivity contribution in [2.45, 2.75) is 24.5 Å². The molecule has 1 amide bonds. The number of carbonyl (C=O) groups is 1. The molecular formula is C12H10ClF4NO. The van der Waals surface area contributed by atoms with Gasteiger partial charge in [0.25, 0.3) is 0 Å². The number of hydrogen-bond donors (Lipinski definition) is 0. The predicted molar refractivity (Wildman–Crippen MR) is 61.1 cm³/mol. The molecule has 1 saturated heterocycles. The first-order chi connectivity index (χ1) is 8.79. The van der Waals surface area contributed by atoms with Gasteiger partial charge in [-0.2, -0.15) is 13.2 Å². The Balaban J connectivity index is 2.32. The number of alkyl halides is 4. The second kappa shape index (κ2) is 5.00. The summed E-state index contributed by atoms with van der Waals surface area (Å²) < 4.78 is 51.9. The van der Waals surface area contributed by atoms with Gasteiger partial charge in [-0.1, -0.05) is 6.07 Å². The number of amides is 1. The molecule has 1 atom stereocenters. The molecule has 0 spiro atoms. The second-order valence-corrected chi connectivity index (χ2v) is 4.96. The van der Waals surface area contributed by atoms with E-state index < -0.39 is 35.0 Å². The molecule has 0 bridgehead atoms. The van der Waals surface area contributed by atoms with Crippen molar-refractivity contribution in [2.75, 3.05) is 6.54 Å². The van der Waals surface area contributed by atoms with Gasteiger partial charge in [-0.25, -0.2) is 4.39 Å². The molecule has 1 aromatic carbocycles. The molecule has 1 unspecified atom stereocenters. The molecule has 104 valence electrons. The van der Waals surface area contributed by atoms with E-state index in [-0.39, 0.29) is 18.9 Å². The van der Waals surface area contributed by atoms with Crippen LogP contribution in [0.25, 0.3) is 0 Å². The number of hydrogen-bond acceptors (Lipinski definition) is 1. The summed E-state index contributed by atoms with van der Waals surface area (Å²) in [4.78, 5) is 12.6. The van der Waals surface area contributed by atoms with E-state index in [0.717, 1.165) is 23.1 Å². The van der Waals surface area contributed by atoms with Crippen LogP contribution < -0.4 is 0 Å². The zero-order chi connectivity index (χ0) is 14.2. The van der Waals surface area contributed by atoms with Gasteiger partial charge in [0, 0.05) is 25.1 Å². The Bertz CT molecular complexity index is 503. The molecule has 7 heteroatoms. The first kappa shape index (κ1) is 14.1. The Morgan fingerprint density at radius 3 is 2.58 bits per heavy atom. The highest BCUT2D eigenvalue weighted by Crippen LogP contribution is 2.34. The molecule has 1 heterocycles. The van der Waals surface area contributed by atoms with Crippen molar-refractivity contribution in [3.63, 3.8) is 0 Å². The average molecular weight is 296 g/mol. The minimum absolute atomic E-state index is 0.0668. The SMILES string of the molecule is O=C1CC(Cl)CN1Cc1c(F)cccc1C(F)(F)F. The average Bonchev–Trinajstić information content (AvgIpc) is 2.59. The summed E-state index contributed by atoms with van der Waals surface area (Å²) in [7, 11) is 0. The van der Waals surface area contributed by atoms with Crippen molar-refractivity contribution in [2.24, 2.45) is 0 Å². The molecule has 1 aliphatic rings. The van der Waals surface area contributed by atoms with Crippen molar-refractivity contribution in [1.82, 2.24) is 4.90 Å². The standard InChI is InChI=1S/C12H10ClF4NO/c13-7-4-11(19)18(5-7)6-8-9(12(15,16)17)2-1-3-10(8)14/h1-3,7H,4-6H2. The number of carbonyl (C=O) groups excluding carboxylic acids is 1. The Morgan fingerprint density at radius 2 is 2.05 bits per heavy atom. The van der Waals surface area contributed by atoms with Gasteiger partial charge in [-0.3, -0.25) is 4.79 Å². The molecule has 2 nitrogen and oxygen atoms in total. The molecule has 19 heavy (non-hydrogen) atoms. The molecule has 0 N–H and O–H groups in total. The molecule has 0 saturated carbocycles. The third-order valence-electron chi connectivity index (χ3n) is 2.94. The lowest BCUT2D eigenvalue weighted by molar-refractivity contribution is -0.139. The molecule has 0 radical (unpaired) electrons. The van der Waals surface area contributed by atoms with Crippen LogP contribution in [-0.4, -0.2) is 22.7 Å². The molecule has 0 aromatic heterocycles. The Hall–Kier alpha value is -1.30. The van der Waals surface area contributed by atoms with Crippen LogP contribution in [0.1, 0.15) is 17.5 Å². The van der Waals surface area contributed by atoms with E-state index >= 15 is 0 Å². The van der Waals surface area contributed by atoms with E-state index in [0.29, 0.717) is 0 Å². The molecule has 0 aliphatic carbocycles. The summed E-state index contributed by atoms with van der Waals surface area (Å²) in [5.41, 5.74) is -1.58. The van der Waals surface area contributed by atoms with Crippen LogP contribution in [0.4, 0.5) is 17.6 Å². The fourth-order valence-corrected chi connectivity index (χ4v) is 2.35. The van der Waals surface area contributed by atoms with Crippen LogP contribution >= 0.6 is 11.6 Å². The number of benzene rings is 1. The van der Waals surface area contributed by atoms with Gasteiger partial charge >= 0.3 is 6.18 Å². The van der Waals surface area contributed by atoms with Crippen LogP contribution in [-0.2, 0) is 17.5 Å². The lowest BCUT2D eigenvalue weighted by atomic mass is 10.1. The van der Waals surface area contributed by atoms with Crippen molar-refractivity contribution in [1.29, 1.82) is 0 Å². The van der Waals surface area contributed by atoms with Gasteiger partial charge < -0.3 is 4.90 Å². The third-order valence-corrected chi connectivity index (χ3v) is 3.23. The number of likely N-dealkylation sites (tertiary alicyclic amines) is 1. The maximum Gasteiger partial charge on any atom is 0.416 e. The van der Waals surface area contributed by atoms with E-state index in [2.05, 4.69) is 0 Å². The van der Waals surface area contributed by atoms with Gasteiger partial charge in [0.15, 0.2) is 0 Å². The summed E-state index contributed by atoms with van der Waals surface area (Å²) >= 11 is 5.76. The molecule has 2 rings (SSSR count). The largest absolute Gasteiger partial charge is 0.416 e. The van der Waals surface area contributed by atoms with Gasteiger partial charge in [0.05, 0.1) is 10.9 Å². The third kappa shape index (κ3) is 3.00. The lowest BCUT2D eigenvalue weighted by Crippen LogP contribution is -2.27. The Kier molecular flexibility index (Phi) is 3.71. The molecule has 1 aliphatic heterocycles. The molecule has 1 fully saturated rings. The highest BCUT2D eigenvalue weighted by molar-refractivity contribution is 6.22. The summed E-state index contributed by atoms with van der Waals surface area (Å²) in [6.07, 6.45) is -4.59. The monoisotopic (exact) mass is 295 g/mol. The highest BCUT2D eigenvalue weighted by Gasteiger charge is 2.36. The van der Waals surface area contributed by atoms with Crippen molar-refractivity contribution in [3.8, 4) is 0 Å². The lowest BCUT2D eigenvalue weighted by Gasteiger charge is -2.20. The van der Waals surface area contributed by atoms with Crippen molar-refractivity contribution >= 4 is 17.5 Å². The van der Waals surface area contributed by atoms with Crippen LogP contribution in [0.3, 0.4) is 0 Å². The fourth-order valence-electron chi connectivity index (χ4n) is 2.05. The van der Waals surface area contributed by atoms with E-state index in [1.165, 1.54) is 0 Å². The van der Waals surface area contributed by atoms with Crippen LogP contribution in [0.5, 0.6) is 0 Å². The van der Waals surface area contributed by atoms with Crippen LogP contribution in [0.2, 0.25) is 0 Å². The number of rotatable bonds is 2. The summed E-state index contributed by atoms with van der Waals surface area (Å²) in [5.74, 6) is -1.34. The Labute approximate surface area is 112 Å². The van der Waals surface area contributed by atoms with E-state index in [1.54, 1.807) is 0 Å². The second-order valence-electron chi connectivity index (χ2n) is 4.34. The van der Waals surface area contributed by atoms with E-state index in [1.807, 2.05) is 0 Å². The maximum atomic E-state index is 13.6. The van der Waals surface area contributed by atoms with Crippen LogP contribution in [0, 0.1) is 5.82 Å². The topological polar surface area (TPSA) is 20.3 Å². The summed E-state index contributed by atoms with van der Waals surface area (Å²) in [5, 5.41) is -0.436. The smallest absolute Gasteiger partial charge is 0.337 e. The fraction of sp³-hybridized carbons (Fsp3) is 0.417. The summed E-state index contributed by atoms with van der Waals surface area (Å²) in [6.45, 7) is -0.282. The minimum Gasteiger partial charge on any atom is -0.337 e. The quantitative estimate of drug-likeness (QED) is 0.606. The Morgan fingerprint density at radius 1 is 1.37 bits per heavy atom. The zero-order valence-electron chi connectivity index (χ0n) is 9.68. The summed E-state index contributed by atoms with van der Waals surface area (Å²) in [6, 6.07) is 2.75. The van der Waals surface area contributed by atoms with Gasteiger partial charge in [-0.15, -0.1) is 11.6 Å². The normalized spacial score (nSPS) is 20.2. The minimum atomic E-state index is -4.65. The first-order valence-electron chi connectivity index (χ1n) is 5.55. The number of halogens is 5. The first-order valence-corrected chi connectivity index (χ1v) is 5.99. The van der Waals surface area contributed by atoms with Gasteiger partial charge in [0.1, 0.15) is 5.82 Å². The van der Waals surface area contributed by atoms with Crippen molar-refractivity contribution < 1.29 is 22.4 Å².